The van der Waals surface area contributed by atoms with Gasteiger partial charge in [-0.3, -0.25) is 10.2 Å². The molecule has 1 heterocycles. The SMILES string of the molecule is CC(C)Oc1ccc(NC2NC(=O)N(CCNC(=O)N(C)C)C(=O)N2Cc2ccc(Cl)cc2)cc1F. The van der Waals surface area contributed by atoms with E-state index in [1.165, 1.54) is 21.9 Å². The summed E-state index contributed by atoms with van der Waals surface area (Å²) in [6, 6.07) is 9.67. The molecule has 0 aliphatic carbocycles. The first-order valence-corrected chi connectivity index (χ1v) is 11.7. The molecule has 2 aromatic rings. The Bertz CT molecular complexity index is 1100. The molecule has 194 valence electrons. The quantitative estimate of drug-likeness (QED) is 0.465. The van der Waals surface area contributed by atoms with E-state index < -0.39 is 24.2 Å². The van der Waals surface area contributed by atoms with Crippen molar-refractivity contribution in [3.8, 4) is 5.75 Å². The molecule has 0 bridgehead atoms. The zero-order valence-corrected chi connectivity index (χ0v) is 21.3. The topological polar surface area (TPSA) is 106 Å². The zero-order valence-electron chi connectivity index (χ0n) is 20.5. The fraction of sp³-hybridized carbons (Fsp3) is 0.375. The molecule has 3 N–H and O–H groups in total. The van der Waals surface area contributed by atoms with Crippen LogP contribution in [-0.2, 0) is 6.54 Å². The molecule has 1 aliphatic rings. The molecule has 3 rings (SSSR count). The highest BCUT2D eigenvalue weighted by Crippen LogP contribution is 2.24. The van der Waals surface area contributed by atoms with Gasteiger partial charge in [-0.15, -0.1) is 0 Å². The Kier molecular flexibility index (Phi) is 8.81. The van der Waals surface area contributed by atoms with E-state index in [-0.39, 0.29) is 37.5 Å². The Morgan fingerprint density at radius 3 is 2.50 bits per heavy atom. The second-order valence-corrected chi connectivity index (χ2v) is 9.06. The summed E-state index contributed by atoms with van der Waals surface area (Å²) >= 11 is 5.98. The molecule has 10 nitrogen and oxygen atoms in total. The number of benzene rings is 2. The van der Waals surface area contributed by atoms with Gasteiger partial charge in [-0.25, -0.2) is 23.7 Å². The minimum atomic E-state index is -0.968. The van der Waals surface area contributed by atoms with Crippen molar-refractivity contribution in [2.45, 2.75) is 32.8 Å². The molecule has 1 unspecified atom stereocenters. The van der Waals surface area contributed by atoms with E-state index in [1.807, 2.05) is 0 Å². The summed E-state index contributed by atoms with van der Waals surface area (Å²) in [5.74, 6) is -0.479. The molecule has 1 aliphatic heterocycles. The number of ether oxygens (including phenoxy) is 1. The predicted molar refractivity (Wildman–Crippen MR) is 134 cm³/mol. The van der Waals surface area contributed by atoms with Crippen LogP contribution in [0.25, 0.3) is 0 Å². The van der Waals surface area contributed by atoms with Gasteiger partial charge in [-0.2, -0.15) is 0 Å². The van der Waals surface area contributed by atoms with E-state index in [0.717, 1.165) is 10.5 Å². The van der Waals surface area contributed by atoms with Gasteiger partial charge in [0, 0.05) is 44.0 Å². The maximum Gasteiger partial charge on any atom is 0.331 e. The number of nitrogens with one attached hydrogen (secondary N) is 3. The lowest BCUT2D eigenvalue weighted by molar-refractivity contribution is 0.106. The molecule has 2 aromatic carbocycles. The number of halogens is 2. The summed E-state index contributed by atoms with van der Waals surface area (Å²) in [6.07, 6.45) is -1.17. The van der Waals surface area contributed by atoms with Gasteiger partial charge >= 0.3 is 18.1 Å². The van der Waals surface area contributed by atoms with Gasteiger partial charge in [0.25, 0.3) is 0 Å². The molecule has 1 fully saturated rings. The summed E-state index contributed by atoms with van der Waals surface area (Å²) in [4.78, 5) is 41.7. The number of hydrogen-bond donors (Lipinski definition) is 3. The number of urea groups is 3. The molecule has 0 saturated carbocycles. The smallest absolute Gasteiger partial charge is 0.331 e. The van der Waals surface area contributed by atoms with Gasteiger partial charge in [-0.05, 0) is 43.7 Å². The van der Waals surface area contributed by atoms with E-state index in [2.05, 4.69) is 16.0 Å². The number of imide groups is 1. The number of carbonyl (C=O) groups excluding carboxylic acids is 3. The average Bonchev–Trinajstić information content (AvgIpc) is 2.81. The van der Waals surface area contributed by atoms with Gasteiger partial charge < -0.3 is 20.3 Å². The minimum Gasteiger partial charge on any atom is -0.488 e. The Balaban J connectivity index is 1.80. The summed E-state index contributed by atoms with van der Waals surface area (Å²) in [6.45, 7) is 3.75. The Morgan fingerprint density at radius 1 is 1.19 bits per heavy atom. The van der Waals surface area contributed by atoms with Crippen molar-refractivity contribution >= 4 is 35.4 Å². The highest BCUT2D eigenvalue weighted by molar-refractivity contribution is 6.30. The second kappa shape index (κ2) is 11.8. The van der Waals surface area contributed by atoms with Crippen molar-refractivity contribution in [1.82, 2.24) is 25.3 Å². The van der Waals surface area contributed by atoms with Gasteiger partial charge in [0.15, 0.2) is 17.9 Å². The largest absolute Gasteiger partial charge is 0.488 e. The first-order valence-electron chi connectivity index (χ1n) is 11.4. The molecular formula is C24H30ClFN6O4. The minimum absolute atomic E-state index is 0.0377. The van der Waals surface area contributed by atoms with E-state index in [9.17, 15) is 18.8 Å². The van der Waals surface area contributed by atoms with Crippen molar-refractivity contribution in [2.75, 3.05) is 32.5 Å². The number of hydrogen-bond acceptors (Lipinski definition) is 5. The van der Waals surface area contributed by atoms with E-state index >= 15 is 0 Å². The van der Waals surface area contributed by atoms with Crippen molar-refractivity contribution in [3.05, 3.63) is 58.9 Å². The highest BCUT2D eigenvalue weighted by Gasteiger charge is 2.38. The lowest BCUT2D eigenvalue weighted by Crippen LogP contribution is -2.67. The number of nitrogens with zero attached hydrogens (tertiary/aromatic N) is 3. The Hall–Kier alpha value is -3.73. The van der Waals surface area contributed by atoms with Crippen molar-refractivity contribution in [3.63, 3.8) is 0 Å². The van der Waals surface area contributed by atoms with Gasteiger partial charge in [0.1, 0.15) is 0 Å². The Morgan fingerprint density at radius 2 is 1.89 bits per heavy atom. The number of rotatable bonds is 9. The summed E-state index contributed by atoms with van der Waals surface area (Å²) in [7, 11) is 3.17. The molecule has 0 spiro atoms. The van der Waals surface area contributed by atoms with E-state index in [1.54, 1.807) is 58.3 Å². The van der Waals surface area contributed by atoms with Crippen LogP contribution in [0.2, 0.25) is 5.02 Å². The Labute approximate surface area is 214 Å². The standard InChI is InChI=1S/C24H30ClFN6O4/c1-15(2)36-20-10-9-18(13-19(20)26)28-21-29-23(34)31(12-11-27-22(33)30(3)4)24(35)32(21)14-16-5-7-17(25)8-6-16/h5-10,13,15,21,28H,11-12,14H2,1-4H3,(H,27,33)(H,29,34). The maximum atomic E-state index is 14.5. The van der Waals surface area contributed by atoms with Crippen LogP contribution >= 0.6 is 11.6 Å². The van der Waals surface area contributed by atoms with Crippen LogP contribution in [0.1, 0.15) is 19.4 Å². The van der Waals surface area contributed by atoms with Crippen molar-refractivity contribution < 1.29 is 23.5 Å². The number of anilines is 1. The van der Waals surface area contributed by atoms with Crippen LogP contribution in [0.15, 0.2) is 42.5 Å². The molecule has 6 amide bonds. The third-order valence-electron chi connectivity index (χ3n) is 5.18. The summed E-state index contributed by atoms with van der Waals surface area (Å²) in [5.41, 5.74) is 1.11. The van der Waals surface area contributed by atoms with Crippen LogP contribution < -0.4 is 20.7 Å². The third kappa shape index (κ3) is 6.91. The maximum absolute atomic E-state index is 14.5. The highest BCUT2D eigenvalue weighted by atomic mass is 35.5. The van der Waals surface area contributed by atoms with Crippen LogP contribution in [0.5, 0.6) is 5.75 Å². The number of carbonyl (C=O) groups is 3. The first-order chi connectivity index (χ1) is 17.0. The molecule has 36 heavy (non-hydrogen) atoms. The molecule has 0 radical (unpaired) electrons. The van der Waals surface area contributed by atoms with Gasteiger partial charge in [0.05, 0.1) is 12.6 Å². The predicted octanol–water partition coefficient (Wildman–Crippen LogP) is 3.88. The summed E-state index contributed by atoms with van der Waals surface area (Å²) in [5, 5.41) is 8.91. The number of amides is 6. The molecule has 1 saturated heterocycles. The van der Waals surface area contributed by atoms with Crippen LogP contribution in [0, 0.1) is 5.82 Å². The molecule has 12 heteroatoms. The van der Waals surface area contributed by atoms with Gasteiger partial charge in [0.2, 0.25) is 0 Å². The third-order valence-corrected chi connectivity index (χ3v) is 5.43. The van der Waals surface area contributed by atoms with Gasteiger partial charge in [-0.1, -0.05) is 23.7 Å². The monoisotopic (exact) mass is 520 g/mol. The molecule has 1 atom stereocenters. The van der Waals surface area contributed by atoms with E-state index in [0.29, 0.717) is 10.7 Å². The van der Waals surface area contributed by atoms with Crippen molar-refractivity contribution in [1.29, 1.82) is 0 Å². The fourth-order valence-electron chi connectivity index (χ4n) is 3.41. The second-order valence-electron chi connectivity index (χ2n) is 8.62. The lowest BCUT2D eigenvalue weighted by atomic mass is 10.2. The fourth-order valence-corrected chi connectivity index (χ4v) is 3.54. The van der Waals surface area contributed by atoms with Crippen LogP contribution in [0.4, 0.5) is 24.5 Å². The van der Waals surface area contributed by atoms with Crippen molar-refractivity contribution in [2.24, 2.45) is 0 Å². The normalized spacial score (nSPS) is 15.6. The lowest BCUT2D eigenvalue weighted by Gasteiger charge is -2.41. The first kappa shape index (κ1) is 26.9. The molecule has 0 aromatic heterocycles. The van der Waals surface area contributed by atoms with Crippen LogP contribution in [0.3, 0.4) is 0 Å². The zero-order chi connectivity index (χ0) is 26.4. The average molecular weight is 521 g/mol. The molecular weight excluding hydrogens is 491 g/mol. The van der Waals surface area contributed by atoms with Crippen LogP contribution in [-0.4, -0.2) is 72.4 Å². The summed E-state index contributed by atoms with van der Waals surface area (Å²) < 4.78 is 20.0. The van der Waals surface area contributed by atoms with E-state index in [4.69, 9.17) is 16.3 Å².